The lowest BCUT2D eigenvalue weighted by molar-refractivity contribution is 0.101. The van der Waals surface area contributed by atoms with Gasteiger partial charge in [-0.2, -0.15) is 4.36 Å². The summed E-state index contributed by atoms with van der Waals surface area (Å²) in [5.74, 6) is -0.245. The lowest BCUT2D eigenvalue weighted by atomic mass is 10.2. The predicted octanol–water partition coefficient (Wildman–Crippen LogP) is 4.55. The molecule has 2 N–H and O–H groups in total. The monoisotopic (exact) mass is 408 g/mol. The van der Waals surface area contributed by atoms with Gasteiger partial charge >= 0.3 is 0 Å². The van der Waals surface area contributed by atoms with Gasteiger partial charge in [0.15, 0.2) is 0 Å². The zero-order chi connectivity index (χ0) is 14.7. The highest BCUT2D eigenvalue weighted by molar-refractivity contribution is 9.11. The number of rotatable bonds is 3. The van der Waals surface area contributed by atoms with Gasteiger partial charge in [0.25, 0.3) is 5.91 Å². The van der Waals surface area contributed by atoms with E-state index >= 15 is 0 Å². The number of amides is 1. The molecule has 0 atom stereocenters. The Morgan fingerprint density at radius 3 is 2.21 bits per heavy atom. The summed E-state index contributed by atoms with van der Waals surface area (Å²) in [5.41, 5.74) is 6.82. The van der Waals surface area contributed by atoms with E-state index in [2.05, 4.69) is 63.9 Å². The molecule has 0 spiro atoms. The number of nitrogen functional groups attached to an aromatic ring is 1. The summed E-state index contributed by atoms with van der Waals surface area (Å²) in [4.78, 5) is 12.3. The molecule has 0 aliphatic heterocycles. The highest BCUT2D eigenvalue weighted by atomic mass is 79.9. The number of benzene rings is 1. The minimum absolute atomic E-state index is 0.245. The van der Waals surface area contributed by atoms with Crippen LogP contribution in [-0.4, -0.2) is 16.4 Å². The van der Waals surface area contributed by atoms with Crippen LogP contribution in [0.5, 0.6) is 0 Å². The van der Waals surface area contributed by atoms with Crippen LogP contribution in [-0.2, 0) is 10.7 Å². The normalized spacial score (nSPS) is 11.4. The number of carbonyl (C=O) groups excluding carboxylic acids is 1. The summed E-state index contributed by atoms with van der Waals surface area (Å²) in [6.45, 7) is 8.33. The predicted molar refractivity (Wildman–Crippen MR) is 90.6 cm³/mol. The van der Waals surface area contributed by atoms with Gasteiger partial charge in [-0.1, -0.05) is 54.3 Å². The molecule has 0 heterocycles. The van der Waals surface area contributed by atoms with E-state index in [9.17, 15) is 4.79 Å². The first-order chi connectivity index (χ1) is 8.73. The second-order valence-corrected chi connectivity index (χ2v) is 9.22. The molecule has 0 fully saturated rings. The molecule has 106 valence electrons. The maximum absolute atomic E-state index is 12.3. The van der Waals surface area contributed by atoms with Gasteiger partial charge in [-0.15, -0.1) is 0 Å². The Bertz CT molecular complexity index is 518. The van der Waals surface area contributed by atoms with Crippen molar-refractivity contribution in [1.29, 1.82) is 0 Å². The lowest BCUT2D eigenvalue weighted by Gasteiger charge is -2.15. The first kappa shape index (κ1) is 16.9. The van der Waals surface area contributed by atoms with E-state index in [4.69, 9.17) is 5.73 Å². The molecule has 1 amide bonds. The molecule has 0 bridgehead atoms. The molecule has 0 aromatic heterocycles. The van der Waals surface area contributed by atoms with Crippen molar-refractivity contribution >= 4 is 54.1 Å². The zero-order valence-corrected chi connectivity index (χ0v) is 15.4. The summed E-state index contributed by atoms with van der Waals surface area (Å²) in [7, 11) is -0.291. The van der Waals surface area contributed by atoms with E-state index in [1.807, 2.05) is 6.07 Å². The minimum Gasteiger partial charge on any atom is -0.397 e. The summed E-state index contributed by atoms with van der Waals surface area (Å²) < 4.78 is 5.87. The highest BCUT2D eigenvalue weighted by Crippen LogP contribution is 2.29. The number of hydrogen-bond donors (Lipinski definition) is 1. The van der Waals surface area contributed by atoms with Gasteiger partial charge in [-0.25, -0.2) is 0 Å². The summed E-state index contributed by atoms with van der Waals surface area (Å²) >= 11 is 6.70. The third-order valence-corrected chi connectivity index (χ3v) is 5.90. The number of carbonyl (C=O) groups is 1. The molecule has 0 aliphatic rings. The van der Waals surface area contributed by atoms with E-state index in [0.717, 1.165) is 4.47 Å². The standard InChI is InChI=1S/C13H18Br2N2OS/c1-7(2)19(8(3)4)17-13(18)10-5-9(14)6-11(15)12(10)16/h5-8H,16H2,1-4H3. The quantitative estimate of drug-likeness (QED) is 0.744. The summed E-state index contributed by atoms with van der Waals surface area (Å²) in [6.07, 6.45) is 0. The Kier molecular flexibility index (Phi) is 6.20. The van der Waals surface area contributed by atoms with Crippen LogP contribution in [0.2, 0.25) is 0 Å². The van der Waals surface area contributed by atoms with Crippen LogP contribution in [0.3, 0.4) is 0 Å². The number of nitrogens with zero attached hydrogens (tertiary/aromatic N) is 1. The van der Waals surface area contributed by atoms with Crippen molar-refractivity contribution in [2.45, 2.75) is 38.2 Å². The Morgan fingerprint density at radius 1 is 1.21 bits per heavy atom. The van der Waals surface area contributed by atoms with E-state index < -0.39 is 0 Å². The summed E-state index contributed by atoms with van der Waals surface area (Å²) in [6, 6.07) is 3.53. The van der Waals surface area contributed by atoms with E-state index in [1.165, 1.54) is 0 Å². The molecular weight excluding hydrogens is 392 g/mol. The largest absolute Gasteiger partial charge is 0.397 e. The lowest BCUT2D eigenvalue weighted by Crippen LogP contribution is -2.17. The zero-order valence-electron chi connectivity index (χ0n) is 11.4. The Balaban J connectivity index is 3.24. The molecule has 0 saturated carbocycles. The second-order valence-electron chi connectivity index (χ2n) is 4.69. The van der Waals surface area contributed by atoms with Gasteiger partial charge in [-0.05, 0) is 28.1 Å². The maximum atomic E-state index is 12.3. The smallest absolute Gasteiger partial charge is 0.285 e. The first-order valence-electron chi connectivity index (χ1n) is 5.96. The molecule has 1 rings (SSSR count). The van der Waals surface area contributed by atoms with Crippen LogP contribution in [0, 0.1) is 0 Å². The maximum Gasteiger partial charge on any atom is 0.285 e. The molecule has 3 nitrogen and oxygen atoms in total. The van der Waals surface area contributed by atoms with E-state index in [1.54, 1.807) is 6.07 Å². The fourth-order valence-corrected chi connectivity index (χ4v) is 4.69. The molecule has 0 unspecified atom stereocenters. The molecule has 19 heavy (non-hydrogen) atoms. The van der Waals surface area contributed by atoms with Gasteiger partial charge in [0.1, 0.15) is 0 Å². The SMILES string of the molecule is CC(C)S(=NC(=O)c1cc(Br)cc(Br)c1N)C(C)C. The van der Waals surface area contributed by atoms with Crippen molar-refractivity contribution < 1.29 is 4.79 Å². The third-order valence-electron chi connectivity index (χ3n) is 2.48. The van der Waals surface area contributed by atoms with Crippen LogP contribution in [0.25, 0.3) is 0 Å². The van der Waals surface area contributed by atoms with Crippen LogP contribution in [0.4, 0.5) is 5.69 Å². The minimum atomic E-state index is -0.291. The van der Waals surface area contributed by atoms with Crippen molar-refractivity contribution in [3.05, 3.63) is 26.6 Å². The van der Waals surface area contributed by atoms with E-state index in [-0.39, 0.29) is 16.6 Å². The molecule has 1 aromatic carbocycles. The van der Waals surface area contributed by atoms with Crippen molar-refractivity contribution in [3.8, 4) is 0 Å². The first-order valence-corrected chi connectivity index (χ1v) is 8.86. The van der Waals surface area contributed by atoms with Gasteiger partial charge < -0.3 is 5.73 Å². The topological polar surface area (TPSA) is 55.5 Å². The van der Waals surface area contributed by atoms with Crippen molar-refractivity contribution in [1.82, 2.24) is 0 Å². The van der Waals surface area contributed by atoms with Crippen LogP contribution in [0.15, 0.2) is 25.4 Å². The average Bonchev–Trinajstić information content (AvgIpc) is 2.29. The number of anilines is 1. The molecule has 0 saturated heterocycles. The Morgan fingerprint density at radius 2 is 1.74 bits per heavy atom. The van der Waals surface area contributed by atoms with Crippen LogP contribution >= 0.6 is 31.9 Å². The molecule has 1 aromatic rings. The fourth-order valence-electron chi connectivity index (χ4n) is 1.66. The molecular formula is C13H18Br2N2OS. The molecule has 6 heteroatoms. The average molecular weight is 410 g/mol. The Hall–Kier alpha value is -0.200. The summed E-state index contributed by atoms with van der Waals surface area (Å²) in [5, 5.41) is 0.696. The third kappa shape index (κ3) is 4.39. The van der Waals surface area contributed by atoms with Crippen molar-refractivity contribution in [3.63, 3.8) is 0 Å². The fraction of sp³-hybridized carbons (Fsp3) is 0.462. The second kappa shape index (κ2) is 6.99. The highest BCUT2D eigenvalue weighted by Gasteiger charge is 2.16. The van der Waals surface area contributed by atoms with E-state index in [0.29, 0.717) is 26.2 Å². The van der Waals surface area contributed by atoms with Gasteiger partial charge in [0.05, 0.1) is 11.3 Å². The number of nitrogens with two attached hydrogens (primary N) is 1. The van der Waals surface area contributed by atoms with Gasteiger partial charge in [0, 0.05) is 19.4 Å². The molecule has 0 aliphatic carbocycles. The molecule has 0 radical (unpaired) electrons. The number of halogens is 2. The van der Waals surface area contributed by atoms with Crippen LogP contribution < -0.4 is 5.73 Å². The number of hydrogen-bond acceptors (Lipinski definition) is 2. The van der Waals surface area contributed by atoms with Crippen molar-refractivity contribution in [2.75, 3.05) is 5.73 Å². The van der Waals surface area contributed by atoms with Crippen LogP contribution in [0.1, 0.15) is 38.1 Å². The van der Waals surface area contributed by atoms with Gasteiger partial charge in [-0.3, -0.25) is 4.79 Å². The Labute approximate surface area is 133 Å². The van der Waals surface area contributed by atoms with Gasteiger partial charge in [0.2, 0.25) is 0 Å². The van der Waals surface area contributed by atoms with Crippen molar-refractivity contribution in [2.24, 2.45) is 4.36 Å².